The Morgan fingerprint density at radius 1 is 0.537 bits per heavy atom. The van der Waals surface area contributed by atoms with Crippen LogP contribution in [0.25, 0.3) is 0 Å². The second kappa shape index (κ2) is 19.2. The average Bonchev–Trinajstić information content (AvgIpc) is 3.23. The van der Waals surface area contributed by atoms with Gasteiger partial charge in [0.1, 0.15) is 11.2 Å². The fourth-order valence-corrected chi connectivity index (χ4v) is 10.7. The molecule has 8 heteroatoms. The van der Waals surface area contributed by atoms with E-state index in [4.69, 9.17) is 17.8 Å². The van der Waals surface area contributed by atoms with E-state index in [0.29, 0.717) is 23.0 Å². The summed E-state index contributed by atoms with van der Waals surface area (Å²) in [6.45, 7) is 9.81. The summed E-state index contributed by atoms with van der Waals surface area (Å²) in [6.07, 6.45) is 10.1. The lowest BCUT2D eigenvalue weighted by Crippen LogP contribution is -2.42. The largest absolute Gasteiger partial charge is 0.369 e. The van der Waals surface area contributed by atoms with Crippen LogP contribution < -0.4 is 0 Å². The van der Waals surface area contributed by atoms with Crippen LogP contribution in [0.15, 0.2) is 119 Å². The van der Waals surface area contributed by atoms with E-state index in [2.05, 4.69) is 52.0 Å². The molecule has 2 unspecified atom stereocenters. The van der Waals surface area contributed by atoms with Crippen LogP contribution in [0.3, 0.4) is 0 Å². The minimum absolute atomic E-state index is 0.0783. The molecule has 0 bridgehead atoms. The zero-order valence-corrected chi connectivity index (χ0v) is 34.8. The van der Waals surface area contributed by atoms with E-state index in [1.165, 1.54) is 0 Å². The number of unbranched alkanes of at least 4 members (excludes halogenated alkanes) is 2. The second-order valence-corrected chi connectivity index (χ2v) is 17.3. The van der Waals surface area contributed by atoms with Crippen LogP contribution in [-0.4, -0.2) is 35.9 Å². The summed E-state index contributed by atoms with van der Waals surface area (Å²) in [7, 11) is 3.55. The summed E-state index contributed by atoms with van der Waals surface area (Å²) in [4.78, 5) is 1.42. The van der Waals surface area contributed by atoms with E-state index in [1.807, 2.05) is 84.9 Å². The zero-order chi connectivity index (χ0) is 38.7. The van der Waals surface area contributed by atoms with Crippen molar-refractivity contribution in [2.24, 2.45) is 10.8 Å². The van der Waals surface area contributed by atoms with Crippen LogP contribution in [0.2, 0.25) is 0 Å². The standard InChI is InChI=1S/2C23H30O3S/c2*1-4-6-16-22(5-2)17-23(25-3,19-12-8-7-9-13-19)20-14-10-11-15-21(20)27(24)26-18-22/h2*7-15H,4-6,16-18H2,1-3H3/t22-,23+,27?;22-,23-,27?/m00/s1. The van der Waals surface area contributed by atoms with E-state index >= 15 is 0 Å². The summed E-state index contributed by atoms with van der Waals surface area (Å²) in [5.74, 6) is 0. The second-order valence-electron chi connectivity index (χ2n) is 15.0. The molecule has 292 valence electrons. The SMILES string of the molecule is CCCC[C@]1(CC)COS(=O)c2ccccc2[C@@](OC)(c2ccccc2)C1.CCCC[C@]1(CC)COS(=O)c2ccccc2[C@](OC)(c2ccccc2)C1. The molecule has 0 aromatic heterocycles. The third-order valence-electron chi connectivity index (χ3n) is 12.0. The van der Waals surface area contributed by atoms with Crippen LogP contribution >= 0.6 is 0 Å². The van der Waals surface area contributed by atoms with Gasteiger partial charge in [0.25, 0.3) is 0 Å². The van der Waals surface area contributed by atoms with Gasteiger partial charge in [-0.1, -0.05) is 150 Å². The molecule has 6 rings (SSSR count). The molecule has 0 saturated carbocycles. The third-order valence-corrected chi connectivity index (χ3v) is 14.1. The molecule has 0 fully saturated rings. The summed E-state index contributed by atoms with van der Waals surface area (Å²) >= 11 is -3.00. The first-order valence-corrected chi connectivity index (χ1v) is 21.9. The van der Waals surface area contributed by atoms with Gasteiger partial charge in [0.15, 0.2) is 22.2 Å². The Morgan fingerprint density at radius 2 is 0.889 bits per heavy atom. The normalized spacial score (nSPS) is 28.2. The highest BCUT2D eigenvalue weighted by Gasteiger charge is 2.48. The molecule has 0 saturated heterocycles. The van der Waals surface area contributed by atoms with Crippen molar-refractivity contribution in [3.63, 3.8) is 0 Å². The van der Waals surface area contributed by atoms with Gasteiger partial charge in [-0.2, -0.15) is 0 Å². The highest BCUT2D eigenvalue weighted by Crippen LogP contribution is 2.51. The summed E-state index contributed by atoms with van der Waals surface area (Å²) in [5, 5.41) is 0. The first-order valence-electron chi connectivity index (χ1n) is 19.7. The first-order chi connectivity index (χ1) is 26.2. The first kappa shape index (κ1) is 42.2. The smallest absolute Gasteiger partial charge is 0.189 e. The van der Waals surface area contributed by atoms with E-state index < -0.39 is 33.4 Å². The van der Waals surface area contributed by atoms with Gasteiger partial charge in [-0.05, 0) is 72.6 Å². The maximum absolute atomic E-state index is 13.0. The summed E-state index contributed by atoms with van der Waals surface area (Å²) in [6, 6.07) is 36.4. The zero-order valence-electron chi connectivity index (χ0n) is 33.1. The molecule has 0 amide bonds. The lowest BCUT2D eigenvalue weighted by molar-refractivity contribution is -0.0427. The van der Waals surface area contributed by atoms with Crippen LogP contribution in [0, 0.1) is 10.8 Å². The fraction of sp³-hybridized carbons (Fsp3) is 0.478. The summed E-state index contributed by atoms with van der Waals surface area (Å²) in [5.41, 5.74) is 2.68. The summed E-state index contributed by atoms with van der Waals surface area (Å²) < 4.78 is 50.5. The van der Waals surface area contributed by atoms with Crippen LogP contribution in [0.1, 0.15) is 114 Å². The molecule has 0 radical (unpaired) electrons. The number of rotatable bonds is 12. The molecular weight excluding hydrogens is 713 g/mol. The lowest BCUT2D eigenvalue weighted by atomic mass is 9.68. The molecule has 4 aromatic carbocycles. The molecule has 2 aliphatic rings. The molecular formula is C46H60O6S2. The minimum atomic E-state index is -1.50. The number of ether oxygens (including phenoxy) is 2. The van der Waals surface area contributed by atoms with Crippen molar-refractivity contribution in [3.8, 4) is 0 Å². The highest BCUT2D eigenvalue weighted by atomic mass is 32.2. The molecule has 0 spiro atoms. The highest BCUT2D eigenvalue weighted by molar-refractivity contribution is 7.80. The van der Waals surface area contributed by atoms with Gasteiger partial charge >= 0.3 is 0 Å². The molecule has 0 aliphatic carbocycles. The fourth-order valence-electron chi connectivity index (χ4n) is 8.49. The number of hydrogen-bond donors (Lipinski definition) is 0. The van der Waals surface area contributed by atoms with Gasteiger partial charge in [0.05, 0.1) is 23.0 Å². The van der Waals surface area contributed by atoms with Crippen LogP contribution in [-0.2, 0) is 51.2 Å². The van der Waals surface area contributed by atoms with Crippen molar-refractivity contribution in [2.75, 3.05) is 27.4 Å². The number of methoxy groups -OCH3 is 2. The quantitative estimate of drug-likeness (QED) is 0.143. The number of fused-ring (bicyclic) bond motifs is 2. The van der Waals surface area contributed by atoms with Gasteiger partial charge in [-0.25, -0.2) is 8.42 Å². The maximum atomic E-state index is 13.0. The average molecular weight is 773 g/mol. The molecule has 6 atom stereocenters. The Bertz CT molecular complexity index is 1690. The van der Waals surface area contributed by atoms with E-state index in [1.54, 1.807) is 14.2 Å². The molecule has 6 nitrogen and oxygen atoms in total. The molecule has 0 N–H and O–H groups in total. The number of benzene rings is 4. The lowest BCUT2D eigenvalue weighted by Gasteiger charge is -2.45. The van der Waals surface area contributed by atoms with E-state index in [0.717, 1.165) is 86.5 Å². The predicted molar refractivity (Wildman–Crippen MR) is 220 cm³/mol. The van der Waals surface area contributed by atoms with Crippen molar-refractivity contribution >= 4 is 22.2 Å². The molecule has 54 heavy (non-hydrogen) atoms. The van der Waals surface area contributed by atoms with Crippen LogP contribution in [0.5, 0.6) is 0 Å². The maximum Gasteiger partial charge on any atom is 0.189 e. The Kier molecular flexibility index (Phi) is 15.0. The van der Waals surface area contributed by atoms with Crippen molar-refractivity contribution in [1.29, 1.82) is 0 Å². The Morgan fingerprint density at radius 3 is 1.22 bits per heavy atom. The van der Waals surface area contributed by atoms with Gasteiger partial charge in [-0.15, -0.1) is 0 Å². The van der Waals surface area contributed by atoms with Crippen molar-refractivity contribution < 1.29 is 26.3 Å². The Labute approximate surface area is 329 Å². The van der Waals surface area contributed by atoms with E-state index in [-0.39, 0.29) is 10.8 Å². The predicted octanol–water partition coefficient (Wildman–Crippen LogP) is 11.2. The van der Waals surface area contributed by atoms with Crippen LogP contribution in [0.4, 0.5) is 0 Å². The third kappa shape index (κ3) is 8.85. The Balaban J connectivity index is 0.000000208. The van der Waals surface area contributed by atoms with Gasteiger partial charge in [0, 0.05) is 25.3 Å². The molecule has 4 aromatic rings. The topological polar surface area (TPSA) is 71.1 Å². The van der Waals surface area contributed by atoms with E-state index in [9.17, 15) is 8.42 Å². The van der Waals surface area contributed by atoms with Crippen molar-refractivity contribution in [3.05, 3.63) is 131 Å². The number of hydrogen-bond acceptors (Lipinski definition) is 6. The monoisotopic (exact) mass is 772 g/mol. The van der Waals surface area contributed by atoms with Gasteiger partial charge in [0.2, 0.25) is 0 Å². The van der Waals surface area contributed by atoms with Crippen molar-refractivity contribution in [2.45, 2.75) is 113 Å². The Hall–Kier alpha value is -2.98. The molecule has 2 heterocycles. The van der Waals surface area contributed by atoms with Crippen molar-refractivity contribution in [1.82, 2.24) is 0 Å². The van der Waals surface area contributed by atoms with Gasteiger partial charge < -0.3 is 9.47 Å². The minimum Gasteiger partial charge on any atom is -0.369 e. The van der Waals surface area contributed by atoms with Gasteiger partial charge in [-0.3, -0.25) is 8.37 Å². The molecule has 2 aliphatic heterocycles.